The number of fused-ring (bicyclic) bond motifs is 1. The maximum Gasteiger partial charge on any atom is 0.183 e. The van der Waals surface area contributed by atoms with Crippen molar-refractivity contribution in [2.45, 2.75) is 20.1 Å². The fourth-order valence-corrected chi connectivity index (χ4v) is 2.73. The molecule has 0 fully saturated rings. The average molecular weight is 376 g/mol. The number of benzene rings is 1. The van der Waals surface area contributed by atoms with E-state index in [2.05, 4.69) is 26.1 Å². The minimum absolute atomic E-state index is 0.330. The van der Waals surface area contributed by atoms with Crippen LogP contribution in [0.3, 0.4) is 0 Å². The van der Waals surface area contributed by atoms with Gasteiger partial charge in [0, 0.05) is 35.0 Å². The van der Waals surface area contributed by atoms with Crippen molar-refractivity contribution in [2.75, 3.05) is 13.2 Å². The van der Waals surface area contributed by atoms with Gasteiger partial charge in [0.2, 0.25) is 0 Å². The molecule has 1 aromatic carbocycles. The summed E-state index contributed by atoms with van der Waals surface area (Å²) < 4.78 is 14.2. The number of hydrogen-bond donors (Lipinski definition) is 0. The quantitative estimate of drug-likeness (QED) is 0.604. The molecule has 3 rings (SSSR count). The summed E-state index contributed by atoms with van der Waals surface area (Å²) in [6, 6.07) is 11.9. The second-order valence-corrected chi connectivity index (χ2v) is 5.88. The van der Waals surface area contributed by atoms with Gasteiger partial charge in [0.15, 0.2) is 17.8 Å². The third kappa shape index (κ3) is 3.44. The standard InChI is InChI=1S/C17H18BrN3O2/c1-3-22-17(23-4-2)13-7-5-12(6-8-13)16-20-19-15-10-9-14(18)11-21(15)16/h5-11,17H,3-4H2,1-2H3. The molecule has 2 heterocycles. The first-order valence-electron chi connectivity index (χ1n) is 7.56. The van der Waals surface area contributed by atoms with Crippen LogP contribution in [-0.4, -0.2) is 27.8 Å². The van der Waals surface area contributed by atoms with E-state index in [1.807, 2.05) is 60.8 Å². The number of rotatable bonds is 6. The van der Waals surface area contributed by atoms with Crippen LogP contribution < -0.4 is 0 Å². The fourth-order valence-electron chi connectivity index (χ4n) is 2.39. The first-order valence-corrected chi connectivity index (χ1v) is 8.36. The van der Waals surface area contributed by atoms with Gasteiger partial charge < -0.3 is 9.47 Å². The molecule has 6 heteroatoms. The van der Waals surface area contributed by atoms with Crippen LogP contribution in [0.15, 0.2) is 47.1 Å². The lowest BCUT2D eigenvalue weighted by Gasteiger charge is -2.17. The SMILES string of the molecule is CCOC(OCC)c1ccc(-c2nnc3ccc(Br)cn23)cc1. The van der Waals surface area contributed by atoms with Crippen LogP contribution in [0.25, 0.3) is 17.0 Å². The van der Waals surface area contributed by atoms with Crippen LogP contribution in [0, 0.1) is 0 Å². The van der Waals surface area contributed by atoms with Crippen molar-refractivity contribution in [3.05, 3.63) is 52.6 Å². The van der Waals surface area contributed by atoms with Crippen molar-refractivity contribution in [1.29, 1.82) is 0 Å². The Kier molecular flexibility index (Phi) is 5.05. The van der Waals surface area contributed by atoms with Crippen LogP contribution >= 0.6 is 15.9 Å². The predicted molar refractivity (Wildman–Crippen MR) is 92.1 cm³/mol. The van der Waals surface area contributed by atoms with E-state index in [1.165, 1.54) is 0 Å². The van der Waals surface area contributed by atoms with Gasteiger partial charge in [-0.1, -0.05) is 24.3 Å². The van der Waals surface area contributed by atoms with Gasteiger partial charge in [0.25, 0.3) is 0 Å². The summed E-state index contributed by atoms with van der Waals surface area (Å²) in [5, 5.41) is 8.48. The van der Waals surface area contributed by atoms with Gasteiger partial charge in [0.1, 0.15) is 0 Å². The highest BCUT2D eigenvalue weighted by Crippen LogP contribution is 2.24. The van der Waals surface area contributed by atoms with Gasteiger partial charge in [0.05, 0.1) is 0 Å². The Hall–Kier alpha value is -1.76. The van der Waals surface area contributed by atoms with E-state index < -0.39 is 0 Å². The molecule has 0 saturated heterocycles. The number of halogens is 1. The molecule has 0 radical (unpaired) electrons. The van der Waals surface area contributed by atoms with E-state index in [9.17, 15) is 0 Å². The normalized spacial score (nSPS) is 11.5. The summed E-state index contributed by atoms with van der Waals surface area (Å²) in [6.45, 7) is 5.13. The third-order valence-electron chi connectivity index (χ3n) is 3.44. The lowest BCUT2D eigenvalue weighted by atomic mass is 10.1. The number of nitrogens with zero attached hydrogens (tertiary/aromatic N) is 3. The summed E-state index contributed by atoms with van der Waals surface area (Å²) in [5.41, 5.74) is 2.80. The molecule has 0 bridgehead atoms. The number of hydrogen-bond acceptors (Lipinski definition) is 4. The van der Waals surface area contributed by atoms with Crippen molar-refractivity contribution in [1.82, 2.24) is 14.6 Å². The molecule has 5 nitrogen and oxygen atoms in total. The first kappa shape index (κ1) is 16.1. The smallest absolute Gasteiger partial charge is 0.183 e. The lowest BCUT2D eigenvalue weighted by Crippen LogP contribution is -2.08. The summed E-state index contributed by atoms with van der Waals surface area (Å²) in [6.07, 6.45) is 1.63. The monoisotopic (exact) mass is 375 g/mol. The summed E-state index contributed by atoms with van der Waals surface area (Å²) >= 11 is 3.48. The van der Waals surface area contributed by atoms with Crippen molar-refractivity contribution in [2.24, 2.45) is 0 Å². The second-order valence-electron chi connectivity index (χ2n) is 4.96. The lowest BCUT2D eigenvalue weighted by molar-refractivity contribution is -0.140. The minimum atomic E-state index is -0.330. The zero-order valence-electron chi connectivity index (χ0n) is 13.1. The molecule has 0 atom stereocenters. The molecular formula is C17H18BrN3O2. The van der Waals surface area contributed by atoms with Gasteiger partial charge in [-0.2, -0.15) is 0 Å². The molecule has 0 aliphatic carbocycles. The van der Waals surface area contributed by atoms with E-state index in [0.717, 1.165) is 27.1 Å². The van der Waals surface area contributed by atoms with Crippen molar-refractivity contribution < 1.29 is 9.47 Å². The number of ether oxygens (including phenoxy) is 2. The molecule has 2 aromatic heterocycles. The van der Waals surface area contributed by atoms with E-state index in [-0.39, 0.29) is 6.29 Å². The summed E-state index contributed by atoms with van der Waals surface area (Å²) in [7, 11) is 0. The van der Waals surface area contributed by atoms with Gasteiger partial charge in [-0.3, -0.25) is 4.40 Å². The highest BCUT2D eigenvalue weighted by molar-refractivity contribution is 9.10. The fraction of sp³-hybridized carbons (Fsp3) is 0.294. The molecular weight excluding hydrogens is 358 g/mol. The van der Waals surface area contributed by atoms with Gasteiger partial charge in [-0.05, 0) is 41.9 Å². The zero-order valence-corrected chi connectivity index (χ0v) is 14.7. The van der Waals surface area contributed by atoms with E-state index in [0.29, 0.717) is 13.2 Å². The maximum atomic E-state index is 5.62. The average Bonchev–Trinajstić information content (AvgIpc) is 2.98. The molecule has 0 amide bonds. The Labute approximate surface area is 143 Å². The van der Waals surface area contributed by atoms with Crippen LogP contribution in [0.4, 0.5) is 0 Å². The first-order chi connectivity index (χ1) is 11.2. The van der Waals surface area contributed by atoms with Crippen molar-refractivity contribution >= 4 is 21.6 Å². The van der Waals surface area contributed by atoms with Crippen LogP contribution in [0.5, 0.6) is 0 Å². The number of pyridine rings is 1. The van der Waals surface area contributed by atoms with Crippen LogP contribution in [0.1, 0.15) is 25.7 Å². The Morgan fingerprint density at radius 3 is 2.35 bits per heavy atom. The van der Waals surface area contributed by atoms with E-state index >= 15 is 0 Å². The summed E-state index contributed by atoms with van der Waals surface area (Å²) in [4.78, 5) is 0. The van der Waals surface area contributed by atoms with E-state index in [1.54, 1.807) is 0 Å². The number of aromatic nitrogens is 3. The predicted octanol–water partition coefficient (Wildman–Crippen LogP) is 4.23. The molecule has 0 unspecified atom stereocenters. The van der Waals surface area contributed by atoms with Crippen molar-refractivity contribution in [3.63, 3.8) is 0 Å². The maximum absolute atomic E-state index is 5.62. The third-order valence-corrected chi connectivity index (χ3v) is 3.91. The summed E-state index contributed by atoms with van der Waals surface area (Å²) in [5.74, 6) is 0.803. The topological polar surface area (TPSA) is 48.7 Å². The Morgan fingerprint density at radius 1 is 1.00 bits per heavy atom. The Balaban J connectivity index is 1.93. The van der Waals surface area contributed by atoms with Crippen molar-refractivity contribution in [3.8, 4) is 11.4 Å². The van der Waals surface area contributed by atoms with Gasteiger partial charge >= 0.3 is 0 Å². The van der Waals surface area contributed by atoms with E-state index in [4.69, 9.17) is 9.47 Å². The highest BCUT2D eigenvalue weighted by Gasteiger charge is 2.13. The molecule has 0 N–H and O–H groups in total. The molecule has 3 aromatic rings. The molecule has 0 aliphatic heterocycles. The Morgan fingerprint density at radius 2 is 1.70 bits per heavy atom. The molecule has 0 aliphatic rings. The molecule has 0 spiro atoms. The van der Waals surface area contributed by atoms with Crippen LogP contribution in [0.2, 0.25) is 0 Å². The second kappa shape index (κ2) is 7.21. The highest BCUT2D eigenvalue weighted by atomic mass is 79.9. The minimum Gasteiger partial charge on any atom is -0.349 e. The molecule has 0 saturated carbocycles. The van der Waals surface area contributed by atoms with Gasteiger partial charge in [-0.15, -0.1) is 10.2 Å². The zero-order chi connectivity index (χ0) is 16.2. The molecule has 120 valence electrons. The Bertz CT molecular complexity index is 780. The van der Waals surface area contributed by atoms with Gasteiger partial charge in [-0.25, -0.2) is 0 Å². The largest absolute Gasteiger partial charge is 0.349 e. The molecule has 23 heavy (non-hydrogen) atoms. The van der Waals surface area contributed by atoms with Crippen LogP contribution in [-0.2, 0) is 9.47 Å².